The summed E-state index contributed by atoms with van der Waals surface area (Å²) in [5, 5.41) is 0. The van der Waals surface area contributed by atoms with E-state index in [1.54, 1.807) is 0 Å². The summed E-state index contributed by atoms with van der Waals surface area (Å²) in [4.78, 5) is 3.51. The molecule has 0 radical (unpaired) electrons. The first kappa shape index (κ1) is 10.7. The van der Waals surface area contributed by atoms with Gasteiger partial charge >= 0.3 is 0 Å². The third-order valence-corrected chi connectivity index (χ3v) is 3.32. The lowest BCUT2D eigenvalue weighted by molar-refractivity contribution is 0.0631. The molecule has 0 aliphatic carbocycles. The van der Waals surface area contributed by atoms with Crippen molar-refractivity contribution in [1.29, 1.82) is 0 Å². The minimum Gasteiger partial charge on any atom is -0.376 e. The molecule has 1 aromatic carbocycles. The van der Waals surface area contributed by atoms with Gasteiger partial charge in [-0.1, -0.05) is 22.0 Å². The summed E-state index contributed by atoms with van der Waals surface area (Å²) in [5.41, 5.74) is 2.30. The van der Waals surface area contributed by atoms with Gasteiger partial charge in [0.2, 0.25) is 6.54 Å². The number of ether oxygens (including phenoxy) is 1. The SMILES string of the molecule is [C-]#[N+]CC1(C)COCc2ccc(Br)cc21. The second-order valence-corrected chi connectivity index (χ2v) is 5.09. The van der Waals surface area contributed by atoms with E-state index in [2.05, 4.69) is 39.8 Å². The molecule has 1 heterocycles. The van der Waals surface area contributed by atoms with Crippen LogP contribution in [-0.4, -0.2) is 13.2 Å². The van der Waals surface area contributed by atoms with Gasteiger partial charge in [-0.3, -0.25) is 0 Å². The van der Waals surface area contributed by atoms with Crippen LogP contribution < -0.4 is 0 Å². The minimum atomic E-state index is -0.154. The van der Waals surface area contributed by atoms with Crippen molar-refractivity contribution >= 4 is 15.9 Å². The maximum atomic E-state index is 7.02. The summed E-state index contributed by atoms with van der Waals surface area (Å²) in [6.07, 6.45) is 0. The highest BCUT2D eigenvalue weighted by Crippen LogP contribution is 2.34. The number of benzene rings is 1. The monoisotopic (exact) mass is 265 g/mol. The second-order valence-electron chi connectivity index (χ2n) is 4.17. The van der Waals surface area contributed by atoms with Crippen LogP contribution in [0.15, 0.2) is 22.7 Å². The maximum absolute atomic E-state index is 7.02. The Morgan fingerprint density at radius 3 is 3.13 bits per heavy atom. The van der Waals surface area contributed by atoms with Crippen LogP contribution in [0, 0.1) is 6.57 Å². The molecule has 0 amide bonds. The maximum Gasteiger partial charge on any atom is 0.226 e. The molecular weight excluding hydrogens is 254 g/mol. The Labute approximate surface area is 98.2 Å². The average Bonchev–Trinajstić information content (AvgIpc) is 2.20. The summed E-state index contributed by atoms with van der Waals surface area (Å²) >= 11 is 3.47. The molecule has 1 aliphatic heterocycles. The van der Waals surface area contributed by atoms with E-state index in [1.807, 2.05) is 6.07 Å². The van der Waals surface area contributed by atoms with E-state index in [-0.39, 0.29) is 5.41 Å². The number of rotatable bonds is 1. The highest BCUT2D eigenvalue weighted by molar-refractivity contribution is 9.10. The fourth-order valence-corrected chi connectivity index (χ4v) is 2.37. The van der Waals surface area contributed by atoms with E-state index in [4.69, 9.17) is 11.3 Å². The van der Waals surface area contributed by atoms with Crippen molar-refractivity contribution < 1.29 is 4.74 Å². The Morgan fingerprint density at radius 1 is 1.60 bits per heavy atom. The Morgan fingerprint density at radius 2 is 2.40 bits per heavy atom. The van der Waals surface area contributed by atoms with Crippen LogP contribution in [0.3, 0.4) is 0 Å². The summed E-state index contributed by atoms with van der Waals surface area (Å²) in [6, 6.07) is 6.20. The van der Waals surface area contributed by atoms with Crippen LogP contribution in [0.1, 0.15) is 18.1 Å². The lowest BCUT2D eigenvalue weighted by Crippen LogP contribution is -2.35. The number of hydrogen-bond donors (Lipinski definition) is 0. The lowest BCUT2D eigenvalue weighted by Gasteiger charge is -2.31. The van der Waals surface area contributed by atoms with Crippen LogP contribution >= 0.6 is 15.9 Å². The smallest absolute Gasteiger partial charge is 0.226 e. The Kier molecular flexibility index (Phi) is 2.81. The van der Waals surface area contributed by atoms with Crippen molar-refractivity contribution in [3.8, 4) is 0 Å². The van der Waals surface area contributed by atoms with E-state index in [9.17, 15) is 0 Å². The van der Waals surface area contributed by atoms with E-state index >= 15 is 0 Å². The molecule has 1 unspecified atom stereocenters. The zero-order valence-electron chi connectivity index (χ0n) is 8.59. The first-order valence-corrected chi connectivity index (χ1v) is 5.65. The number of hydrogen-bond acceptors (Lipinski definition) is 1. The summed E-state index contributed by atoms with van der Waals surface area (Å²) in [7, 11) is 0. The fraction of sp³-hybridized carbons (Fsp3) is 0.417. The molecule has 1 aromatic rings. The van der Waals surface area contributed by atoms with E-state index in [0.29, 0.717) is 19.8 Å². The number of halogens is 1. The molecule has 0 N–H and O–H groups in total. The van der Waals surface area contributed by atoms with Crippen molar-refractivity contribution in [2.24, 2.45) is 0 Å². The molecule has 0 fully saturated rings. The molecule has 1 atom stereocenters. The van der Waals surface area contributed by atoms with Crippen molar-refractivity contribution in [1.82, 2.24) is 0 Å². The van der Waals surface area contributed by atoms with Crippen LogP contribution in [0.5, 0.6) is 0 Å². The molecule has 3 heteroatoms. The topological polar surface area (TPSA) is 13.6 Å². The molecule has 1 aliphatic rings. The molecule has 0 saturated heterocycles. The van der Waals surface area contributed by atoms with Gasteiger partial charge in [0.15, 0.2) is 0 Å². The predicted molar refractivity (Wildman–Crippen MR) is 62.6 cm³/mol. The first-order valence-electron chi connectivity index (χ1n) is 4.85. The Hall–Kier alpha value is -0.850. The third kappa shape index (κ3) is 1.92. The quantitative estimate of drug-likeness (QED) is 0.712. The van der Waals surface area contributed by atoms with Crippen molar-refractivity contribution in [2.75, 3.05) is 13.2 Å². The van der Waals surface area contributed by atoms with Gasteiger partial charge in [-0.05, 0) is 30.2 Å². The zero-order valence-corrected chi connectivity index (χ0v) is 10.2. The third-order valence-electron chi connectivity index (χ3n) is 2.83. The molecular formula is C12H12BrNO. The Balaban J connectivity index is 2.50. The molecule has 0 saturated carbocycles. The van der Waals surface area contributed by atoms with E-state index < -0.39 is 0 Å². The van der Waals surface area contributed by atoms with E-state index in [1.165, 1.54) is 11.1 Å². The lowest BCUT2D eigenvalue weighted by atomic mass is 9.79. The first-order chi connectivity index (χ1) is 7.15. The number of nitrogens with zero attached hydrogens (tertiary/aromatic N) is 1. The van der Waals surface area contributed by atoms with Crippen LogP contribution in [0.2, 0.25) is 0 Å². The number of fused-ring (bicyclic) bond motifs is 1. The Bertz CT molecular complexity index is 424. The fourth-order valence-electron chi connectivity index (χ4n) is 2.01. The van der Waals surface area contributed by atoms with Gasteiger partial charge < -0.3 is 9.58 Å². The second kappa shape index (κ2) is 3.96. The van der Waals surface area contributed by atoms with Crippen LogP contribution in [0.4, 0.5) is 0 Å². The molecule has 2 nitrogen and oxygen atoms in total. The minimum absolute atomic E-state index is 0.154. The molecule has 2 rings (SSSR count). The van der Waals surface area contributed by atoms with Gasteiger partial charge in [-0.15, -0.1) is 0 Å². The standard InChI is InChI=1S/C12H12BrNO/c1-12(7-14-2)8-15-6-9-3-4-10(13)5-11(9)12/h3-5H,6-8H2,1H3. The highest BCUT2D eigenvalue weighted by atomic mass is 79.9. The average molecular weight is 266 g/mol. The van der Waals surface area contributed by atoms with Crippen molar-refractivity contribution in [2.45, 2.75) is 18.9 Å². The molecule has 0 bridgehead atoms. The van der Waals surface area contributed by atoms with Gasteiger partial charge in [0.1, 0.15) is 0 Å². The molecule has 0 spiro atoms. The van der Waals surface area contributed by atoms with E-state index in [0.717, 1.165) is 4.47 Å². The highest BCUT2D eigenvalue weighted by Gasteiger charge is 2.36. The van der Waals surface area contributed by atoms with Gasteiger partial charge in [-0.2, -0.15) is 0 Å². The molecule has 78 valence electrons. The van der Waals surface area contributed by atoms with Gasteiger partial charge in [0, 0.05) is 4.47 Å². The summed E-state index contributed by atoms with van der Waals surface area (Å²) in [5.74, 6) is 0. The van der Waals surface area contributed by atoms with Crippen LogP contribution in [0.25, 0.3) is 4.85 Å². The zero-order chi connectivity index (χ0) is 10.9. The van der Waals surface area contributed by atoms with Gasteiger partial charge in [0.25, 0.3) is 0 Å². The summed E-state index contributed by atoms with van der Waals surface area (Å²) in [6.45, 7) is 10.9. The van der Waals surface area contributed by atoms with Gasteiger partial charge in [-0.25, -0.2) is 6.57 Å². The molecule has 15 heavy (non-hydrogen) atoms. The predicted octanol–water partition coefficient (Wildman–Crippen LogP) is 3.16. The summed E-state index contributed by atoms with van der Waals surface area (Å²) < 4.78 is 6.61. The molecule has 0 aromatic heterocycles. The van der Waals surface area contributed by atoms with Crippen molar-refractivity contribution in [3.05, 3.63) is 45.2 Å². The largest absolute Gasteiger partial charge is 0.376 e. The normalized spacial score (nSPS) is 24.3. The van der Waals surface area contributed by atoms with Gasteiger partial charge in [0.05, 0.1) is 18.6 Å². The van der Waals surface area contributed by atoms with Crippen LogP contribution in [-0.2, 0) is 16.8 Å². The van der Waals surface area contributed by atoms with Crippen molar-refractivity contribution in [3.63, 3.8) is 0 Å².